The molecule has 3 N–H and O–H groups in total. The van der Waals surface area contributed by atoms with E-state index < -0.39 is 11.4 Å². The number of ether oxygens (including phenoxy) is 1. The Morgan fingerprint density at radius 3 is 2.32 bits per heavy atom. The molecule has 2 rings (SSSR count). The molecule has 7 nitrogen and oxygen atoms in total. The van der Waals surface area contributed by atoms with Crippen molar-refractivity contribution in [3.8, 4) is 11.8 Å². The van der Waals surface area contributed by atoms with Gasteiger partial charge in [0.2, 0.25) is 5.91 Å². The van der Waals surface area contributed by atoms with Crippen LogP contribution in [0.1, 0.15) is 36.8 Å². The number of amides is 1. The highest BCUT2D eigenvalue weighted by atomic mass is 16.5. The molecule has 1 heterocycles. The molecule has 0 spiro atoms. The normalized spacial score (nSPS) is 10.8. The average Bonchev–Trinajstić information content (AvgIpc) is 2.90. The number of nitriles is 1. The molecule has 2 aromatic rings. The molecule has 7 heteroatoms. The number of methoxy groups -OCH3 is 1. The molecule has 1 aromatic carbocycles. The minimum atomic E-state index is -0.635. The van der Waals surface area contributed by atoms with E-state index in [0.29, 0.717) is 11.4 Å². The standard InChI is InChI=1S/C18H20N4O3/c1-18(2,3)17(24)21-12-5-7-13(8-6-12)22-10-11(9-19)14(20)15(22)16(23)25-4/h5-8,10H,20H2,1-4H3,(H,21,24). The van der Waals surface area contributed by atoms with Gasteiger partial charge in [0, 0.05) is 23.0 Å². The van der Waals surface area contributed by atoms with Crippen molar-refractivity contribution in [2.24, 2.45) is 5.41 Å². The number of nitrogen functional groups attached to an aromatic ring is 1. The van der Waals surface area contributed by atoms with Gasteiger partial charge in [-0.2, -0.15) is 5.26 Å². The first-order valence-electron chi connectivity index (χ1n) is 7.60. The number of nitrogens with one attached hydrogen (secondary N) is 1. The van der Waals surface area contributed by atoms with Gasteiger partial charge < -0.3 is 20.4 Å². The van der Waals surface area contributed by atoms with E-state index in [0.717, 1.165) is 0 Å². The number of hydrogen-bond donors (Lipinski definition) is 2. The molecule has 0 aliphatic rings. The maximum Gasteiger partial charge on any atom is 0.357 e. The van der Waals surface area contributed by atoms with Gasteiger partial charge in [-0.1, -0.05) is 20.8 Å². The van der Waals surface area contributed by atoms with Gasteiger partial charge in [-0.25, -0.2) is 4.79 Å². The first-order chi connectivity index (χ1) is 11.7. The van der Waals surface area contributed by atoms with Crippen LogP contribution in [0.3, 0.4) is 0 Å². The number of esters is 1. The van der Waals surface area contributed by atoms with Gasteiger partial charge >= 0.3 is 5.97 Å². The van der Waals surface area contributed by atoms with Crippen LogP contribution in [-0.2, 0) is 9.53 Å². The monoisotopic (exact) mass is 340 g/mol. The van der Waals surface area contributed by atoms with E-state index >= 15 is 0 Å². The zero-order chi connectivity index (χ0) is 18.8. The zero-order valence-corrected chi connectivity index (χ0v) is 14.6. The van der Waals surface area contributed by atoms with Gasteiger partial charge in [-0.15, -0.1) is 0 Å². The number of anilines is 2. The summed E-state index contributed by atoms with van der Waals surface area (Å²) < 4.78 is 6.24. The predicted octanol–water partition coefficient (Wildman–Crippen LogP) is 2.70. The van der Waals surface area contributed by atoms with E-state index in [4.69, 9.17) is 15.7 Å². The fourth-order valence-electron chi connectivity index (χ4n) is 2.14. The number of nitrogens with zero attached hydrogens (tertiary/aromatic N) is 2. The lowest BCUT2D eigenvalue weighted by molar-refractivity contribution is -0.123. The maximum absolute atomic E-state index is 12.0. The Morgan fingerprint density at radius 2 is 1.84 bits per heavy atom. The number of benzene rings is 1. The number of hydrogen-bond acceptors (Lipinski definition) is 5. The van der Waals surface area contributed by atoms with Gasteiger partial charge in [-0.05, 0) is 24.3 Å². The van der Waals surface area contributed by atoms with Crippen LogP contribution in [0.15, 0.2) is 30.5 Å². The number of aromatic nitrogens is 1. The van der Waals surface area contributed by atoms with Crippen molar-refractivity contribution in [1.29, 1.82) is 5.26 Å². The molecular weight excluding hydrogens is 320 g/mol. The quantitative estimate of drug-likeness (QED) is 0.835. The summed E-state index contributed by atoms with van der Waals surface area (Å²) in [6, 6.07) is 8.80. The van der Waals surface area contributed by atoms with Crippen molar-refractivity contribution < 1.29 is 14.3 Å². The highest BCUT2D eigenvalue weighted by molar-refractivity contribution is 5.96. The second kappa shape index (κ2) is 6.69. The summed E-state index contributed by atoms with van der Waals surface area (Å²) in [5.74, 6) is -0.739. The minimum absolute atomic E-state index is 0.0689. The molecule has 0 atom stereocenters. The fraction of sp³-hybridized carbons (Fsp3) is 0.278. The number of carbonyl (C=O) groups is 2. The Balaban J connectivity index is 2.39. The van der Waals surface area contributed by atoms with Gasteiger partial charge in [0.25, 0.3) is 0 Å². The first kappa shape index (κ1) is 18.1. The SMILES string of the molecule is COC(=O)c1c(N)c(C#N)cn1-c1ccc(NC(=O)C(C)(C)C)cc1. The molecule has 0 aliphatic heterocycles. The Hall–Kier alpha value is -3.27. The molecule has 0 saturated heterocycles. The van der Waals surface area contributed by atoms with Gasteiger partial charge in [0.1, 0.15) is 6.07 Å². The van der Waals surface area contributed by atoms with Crippen molar-refractivity contribution in [2.75, 3.05) is 18.2 Å². The molecule has 0 unspecified atom stereocenters. The van der Waals surface area contributed by atoms with E-state index in [1.54, 1.807) is 24.3 Å². The Kier molecular flexibility index (Phi) is 4.84. The lowest BCUT2D eigenvalue weighted by Gasteiger charge is -2.18. The topological polar surface area (TPSA) is 110 Å². The van der Waals surface area contributed by atoms with Crippen molar-refractivity contribution in [1.82, 2.24) is 4.57 Å². The molecular formula is C18H20N4O3. The summed E-state index contributed by atoms with van der Waals surface area (Å²) in [6.45, 7) is 5.47. The van der Waals surface area contributed by atoms with Crippen molar-refractivity contribution in [2.45, 2.75) is 20.8 Å². The van der Waals surface area contributed by atoms with Gasteiger partial charge in [0.05, 0.1) is 18.4 Å². The lowest BCUT2D eigenvalue weighted by Crippen LogP contribution is -2.27. The third-order valence-electron chi connectivity index (χ3n) is 3.63. The number of carbonyl (C=O) groups excluding carboxylic acids is 2. The van der Waals surface area contributed by atoms with Gasteiger partial charge in [-0.3, -0.25) is 4.79 Å². The smallest absolute Gasteiger partial charge is 0.357 e. The molecule has 1 amide bonds. The summed E-state index contributed by atoms with van der Waals surface area (Å²) in [5, 5.41) is 12.0. The van der Waals surface area contributed by atoms with Crippen LogP contribution >= 0.6 is 0 Å². The number of nitrogens with two attached hydrogens (primary N) is 1. The van der Waals surface area contributed by atoms with Crippen LogP contribution in [0.2, 0.25) is 0 Å². The van der Waals surface area contributed by atoms with E-state index in [1.807, 2.05) is 26.8 Å². The zero-order valence-electron chi connectivity index (χ0n) is 14.6. The van der Waals surface area contributed by atoms with E-state index in [-0.39, 0.29) is 22.9 Å². The van der Waals surface area contributed by atoms with Crippen LogP contribution < -0.4 is 11.1 Å². The van der Waals surface area contributed by atoms with Crippen LogP contribution in [0.4, 0.5) is 11.4 Å². The molecule has 0 aliphatic carbocycles. The summed E-state index contributed by atoms with van der Waals surface area (Å²) in [7, 11) is 1.25. The van der Waals surface area contributed by atoms with Crippen LogP contribution in [0.25, 0.3) is 5.69 Å². The molecule has 0 saturated carbocycles. The number of rotatable bonds is 3. The fourth-order valence-corrected chi connectivity index (χ4v) is 2.14. The minimum Gasteiger partial charge on any atom is -0.464 e. The Bertz CT molecular complexity index is 852. The third kappa shape index (κ3) is 3.63. The van der Waals surface area contributed by atoms with Crippen LogP contribution in [0, 0.1) is 16.7 Å². The lowest BCUT2D eigenvalue weighted by atomic mass is 9.95. The maximum atomic E-state index is 12.0. The Labute approximate surface area is 146 Å². The molecule has 0 bridgehead atoms. The van der Waals surface area contributed by atoms with E-state index in [9.17, 15) is 9.59 Å². The van der Waals surface area contributed by atoms with E-state index in [2.05, 4.69) is 5.32 Å². The largest absolute Gasteiger partial charge is 0.464 e. The predicted molar refractivity (Wildman–Crippen MR) is 94.3 cm³/mol. The second-order valence-corrected chi connectivity index (χ2v) is 6.53. The Morgan fingerprint density at radius 1 is 1.24 bits per heavy atom. The summed E-state index contributed by atoms with van der Waals surface area (Å²) in [5.41, 5.74) is 6.95. The average molecular weight is 340 g/mol. The van der Waals surface area contributed by atoms with Gasteiger partial charge in [0.15, 0.2) is 5.69 Å². The molecule has 130 valence electrons. The van der Waals surface area contributed by atoms with Crippen LogP contribution in [-0.4, -0.2) is 23.6 Å². The van der Waals surface area contributed by atoms with Crippen molar-refractivity contribution >= 4 is 23.3 Å². The highest BCUT2D eigenvalue weighted by Gasteiger charge is 2.23. The van der Waals surface area contributed by atoms with Crippen molar-refractivity contribution in [3.05, 3.63) is 41.7 Å². The molecule has 0 radical (unpaired) electrons. The molecule has 0 fully saturated rings. The van der Waals surface area contributed by atoms with E-state index in [1.165, 1.54) is 17.9 Å². The molecule has 1 aromatic heterocycles. The second-order valence-electron chi connectivity index (χ2n) is 6.53. The summed E-state index contributed by atoms with van der Waals surface area (Å²) >= 11 is 0. The third-order valence-corrected chi connectivity index (χ3v) is 3.63. The summed E-state index contributed by atoms with van der Waals surface area (Å²) in [4.78, 5) is 24.0. The van der Waals surface area contributed by atoms with Crippen molar-refractivity contribution in [3.63, 3.8) is 0 Å². The molecule has 25 heavy (non-hydrogen) atoms. The highest BCUT2D eigenvalue weighted by Crippen LogP contribution is 2.26. The summed E-state index contributed by atoms with van der Waals surface area (Å²) in [6.07, 6.45) is 1.48. The first-order valence-corrected chi connectivity index (χ1v) is 7.60. The van der Waals surface area contributed by atoms with Crippen LogP contribution in [0.5, 0.6) is 0 Å².